The number of piperidine rings is 1. The number of aryl methyl sites for hydroxylation is 1. The molecule has 0 spiro atoms. The number of nitrogens with one attached hydrogen (secondary N) is 1. The van der Waals surface area contributed by atoms with Crippen LogP contribution in [-0.2, 0) is 9.53 Å². The first-order chi connectivity index (χ1) is 12.1. The lowest BCUT2D eigenvalue weighted by Crippen LogP contribution is -2.44. The zero-order valence-electron chi connectivity index (χ0n) is 14.1. The summed E-state index contributed by atoms with van der Waals surface area (Å²) in [4.78, 5) is 30.9. The van der Waals surface area contributed by atoms with Crippen LogP contribution in [0.5, 0.6) is 0 Å². The van der Waals surface area contributed by atoms with Gasteiger partial charge in [-0.2, -0.15) is 8.91 Å². The molecule has 4 rings (SSSR count). The fraction of sp³-hybridized carbons (Fsp3) is 0.588. The highest BCUT2D eigenvalue weighted by Gasteiger charge is 2.35. The van der Waals surface area contributed by atoms with Gasteiger partial charge in [-0.05, 0) is 39.0 Å². The molecule has 0 radical (unpaired) electrons. The molecule has 2 aromatic rings. The van der Waals surface area contributed by atoms with E-state index < -0.39 is 11.4 Å². The van der Waals surface area contributed by atoms with E-state index in [-0.39, 0.29) is 23.7 Å². The number of hydrogen-bond acceptors (Lipinski definition) is 4. The zero-order chi connectivity index (χ0) is 17.6. The monoisotopic (exact) mass is 348 g/mol. The number of fused-ring (bicyclic) bond motifs is 1. The van der Waals surface area contributed by atoms with E-state index in [1.54, 1.807) is 6.07 Å². The maximum absolute atomic E-state index is 13.8. The van der Waals surface area contributed by atoms with E-state index in [2.05, 4.69) is 10.1 Å². The summed E-state index contributed by atoms with van der Waals surface area (Å²) in [6.45, 7) is 2.75. The molecule has 4 heterocycles. The van der Waals surface area contributed by atoms with Crippen LogP contribution in [0.25, 0.3) is 5.65 Å². The number of nitrogens with zero attached hydrogens (tertiary/aromatic N) is 3. The van der Waals surface area contributed by atoms with Crippen molar-refractivity contribution in [2.45, 2.75) is 51.2 Å². The molecule has 1 N–H and O–H groups in total. The predicted octanol–water partition coefficient (Wildman–Crippen LogP) is 1.70. The van der Waals surface area contributed by atoms with E-state index in [1.807, 2.05) is 4.90 Å². The summed E-state index contributed by atoms with van der Waals surface area (Å²) in [5.41, 5.74) is 0.405. The maximum atomic E-state index is 13.8. The average molecular weight is 348 g/mol. The van der Waals surface area contributed by atoms with Crippen LogP contribution in [-0.4, -0.2) is 44.7 Å². The van der Waals surface area contributed by atoms with Crippen LogP contribution in [0.1, 0.15) is 49.5 Å². The molecule has 2 aromatic heterocycles. The van der Waals surface area contributed by atoms with Crippen molar-refractivity contribution in [2.24, 2.45) is 0 Å². The van der Waals surface area contributed by atoms with Crippen LogP contribution < -0.4 is 5.56 Å². The number of carbonyl (C=O) groups excluding carboxylic acids is 1. The van der Waals surface area contributed by atoms with E-state index in [1.165, 1.54) is 6.92 Å². The van der Waals surface area contributed by atoms with Crippen LogP contribution in [0.15, 0.2) is 10.9 Å². The molecule has 0 bridgehead atoms. The molecular formula is C17H21FN4O3. The van der Waals surface area contributed by atoms with Crippen molar-refractivity contribution >= 4 is 11.6 Å². The van der Waals surface area contributed by atoms with Gasteiger partial charge < -0.3 is 9.64 Å². The number of H-pyrrole nitrogens is 1. The summed E-state index contributed by atoms with van der Waals surface area (Å²) in [7, 11) is 0. The molecule has 2 fully saturated rings. The van der Waals surface area contributed by atoms with Crippen LogP contribution in [0.4, 0.5) is 4.39 Å². The van der Waals surface area contributed by atoms with Gasteiger partial charge in [0.05, 0.1) is 17.4 Å². The zero-order valence-corrected chi connectivity index (χ0v) is 14.1. The van der Waals surface area contributed by atoms with Gasteiger partial charge in [0.25, 0.3) is 5.91 Å². The second kappa shape index (κ2) is 6.25. The molecule has 0 aromatic carbocycles. The summed E-state index contributed by atoms with van der Waals surface area (Å²) in [5.74, 6) is -0.856. The summed E-state index contributed by atoms with van der Waals surface area (Å²) < 4.78 is 20.5. The molecule has 0 saturated carbocycles. The molecule has 0 aliphatic carbocycles. The van der Waals surface area contributed by atoms with Gasteiger partial charge in [-0.25, -0.2) is 4.98 Å². The molecule has 25 heavy (non-hydrogen) atoms. The second-order valence-corrected chi connectivity index (χ2v) is 6.77. The Kier molecular flexibility index (Phi) is 4.07. The van der Waals surface area contributed by atoms with Crippen LogP contribution in [0, 0.1) is 12.7 Å². The Bertz CT molecular complexity index is 869. The summed E-state index contributed by atoms with van der Waals surface area (Å²) in [5, 5.41) is 2.94. The van der Waals surface area contributed by atoms with Crippen molar-refractivity contribution in [3.05, 3.63) is 33.6 Å². The Morgan fingerprint density at radius 3 is 2.96 bits per heavy atom. The lowest BCUT2D eigenvalue weighted by Gasteiger charge is -2.36. The number of halogens is 1. The molecule has 8 heteroatoms. The number of amides is 1. The van der Waals surface area contributed by atoms with E-state index in [4.69, 9.17) is 4.74 Å². The number of hydrogen-bond donors (Lipinski definition) is 1. The Balaban J connectivity index is 1.71. The minimum Gasteiger partial charge on any atom is -0.368 e. The first-order valence-corrected chi connectivity index (χ1v) is 8.76. The largest absolute Gasteiger partial charge is 0.368 e. The van der Waals surface area contributed by atoms with Gasteiger partial charge in [0.1, 0.15) is 6.10 Å². The number of aromatic amines is 1. The maximum Gasteiger partial charge on any atom is 0.308 e. The third kappa shape index (κ3) is 2.74. The van der Waals surface area contributed by atoms with Crippen LogP contribution in [0.2, 0.25) is 0 Å². The highest BCUT2D eigenvalue weighted by atomic mass is 19.1. The smallest absolute Gasteiger partial charge is 0.308 e. The number of carbonyl (C=O) groups is 1. The van der Waals surface area contributed by atoms with E-state index >= 15 is 0 Å². The minimum atomic E-state index is -0.859. The van der Waals surface area contributed by atoms with E-state index in [9.17, 15) is 14.0 Å². The van der Waals surface area contributed by atoms with Crippen LogP contribution >= 0.6 is 0 Å². The van der Waals surface area contributed by atoms with Gasteiger partial charge in [0.15, 0.2) is 5.65 Å². The van der Waals surface area contributed by atoms with Crippen molar-refractivity contribution in [3.8, 4) is 0 Å². The third-order valence-electron chi connectivity index (χ3n) is 5.10. The first kappa shape index (κ1) is 16.3. The van der Waals surface area contributed by atoms with Gasteiger partial charge in [-0.3, -0.25) is 14.7 Å². The Labute approximate surface area is 143 Å². The lowest BCUT2D eigenvalue weighted by atomic mass is 9.98. The number of rotatable bonds is 2. The molecular weight excluding hydrogens is 327 g/mol. The molecule has 134 valence electrons. The average Bonchev–Trinajstić information content (AvgIpc) is 3.29. The van der Waals surface area contributed by atoms with Crippen LogP contribution in [0.3, 0.4) is 0 Å². The highest BCUT2D eigenvalue weighted by Crippen LogP contribution is 2.32. The fourth-order valence-electron chi connectivity index (χ4n) is 3.78. The number of ether oxygens (including phenoxy) is 1. The fourth-order valence-corrected chi connectivity index (χ4v) is 3.78. The van der Waals surface area contributed by atoms with Gasteiger partial charge in [0.2, 0.25) is 5.82 Å². The topological polar surface area (TPSA) is 79.7 Å². The molecule has 2 saturated heterocycles. The number of aromatic nitrogens is 3. The first-order valence-electron chi connectivity index (χ1n) is 8.76. The summed E-state index contributed by atoms with van der Waals surface area (Å²) in [6.07, 6.45) is 4.01. The SMILES string of the molecule is Cc1nc2cc(C3CCCCN3C(=O)C3CCCO3)[nH]n2c(=O)c1F. The van der Waals surface area contributed by atoms with Gasteiger partial charge >= 0.3 is 5.56 Å². The van der Waals surface area contributed by atoms with E-state index in [0.29, 0.717) is 24.5 Å². The lowest BCUT2D eigenvalue weighted by molar-refractivity contribution is -0.145. The van der Waals surface area contributed by atoms with Crippen molar-refractivity contribution in [3.63, 3.8) is 0 Å². The molecule has 1 amide bonds. The standard InChI is InChI=1S/C17H21FN4O3/c1-10-15(18)17(24)22-14(19-10)9-11(20-22)12-5-2-3-7-21(12)16(23)13-6-4-8-25-13/h9,12-13,20H,2-8H2,1H3. The molecule has 2 unspecified atom stereocenters. The predicted molar refractivity (Wildman–Crippen MR) is 87.8 cm³/mol. The van der Waals surface area contributed by atoms with Crippen molar-refractivity contribution in [2.75, 3.05) is 13.2 Å². The summed E-state index contributed by atoms with van der Waals surface area (Å²) >= 11 is 0. The Morgan fingerprint density at radius 1 is 1.36 bits per heavy atom. The Hall–Kier alpha value is -2.22. The minimum absolute atomic E-state index is 0.00326. The summed E-state index contributed by atoms with van der Waals surface area (Å²) in [6, 6.07) is 1.56. The Morgan fingerprint density at radius 2 is 2.20 bits per heavy atom. The van der Waals surface area contributed by atoms with Gasteiger partial charge in [-0.15, -0.1) is 0 Å². The van der Waals surface area contributed by atoms with E-state index in [0.717, 1.165) is 36.6 Å². The second-order valence-electron chi connectivity index (χ2n) is 6.77. The normalized spacial score (nSPS) is 24.2. The molecule has 2 aliphatic rings. The molecule has 7 nitrogen and oxygen atoms in total. The highest BCUT2D eigenvalue weighted by molar-refractivity contribution is 5.81. The molecule has 2 atom stereocenters. The number of likely N-dealkylation sites (tertiary alicyclic amines) is 1. The van der Waals surface area contributed by atoms with Gasteiger partial charge in [0, 0.05) is 19.2 Å². The third-order valence-corrected chi connectivity index (χ3v) is 5.10. The van der Waals surface area contributed by atoms with Crippen molar-refractivity contribution < 1.29 is 13.9 Å². The quantitative estimate of drug-likeness (QED) is 0.896. The molecule has 2 aliphatic heterocycles. The van der Waals surface area contributed by atoms with Crippen molar-refractivity contribution in [1.82, 2.24) is 19.5 Å². The van der Waals surface area contributed by atoms with Gasteiger partial charge in [-0.1, -0.05) is 0 Å². The van der Waals surface area contributed by atoms with Crippen molar-refractivity contribution in [1.29, 1.82) is 0 Å².